The van der Waals surface area contributed by atoms with Crippen LogP contribution in [0, 0.1) is 5.82 Å². The average molecular weight is 286 g/mol. The van der Waals surface area contributed by atoms with E-state index in [0.717, 1.165) is 0 Å². The predicted molar refractivity (Wildman–Crippen MR) is 74.9 cm³/mol. The molecular formula is C15H11FN2O3. The molecule has 106 valence electrons. The Kier molecular flexibility index (Phi) is 3.27. The number of benzene rings is 2. The fourth-order valence-electron chi connectivity index (χ4n) is 1.97. The van der Waals surface area contributed by atoms with E-state index in [1.807, 2.05) is 0 Å². The van der Waals surface area contributed by atoms with Crippen molar-refractivity contribution in [3.63, 3.8) is 0 Å². The molecule has 2 amide bonds. The van der Waals surface area contributed by atoms with E-state index in [2.05, 4.69) is 10.6 Å². The fourth-order valence-corrected chi connectivity index (χ4v) is 1.97. The normalized spacial score (nSPS) is 12.9. The SMILES string of the molecule is O=C1COc2cc(C(=O)Nc3ccccc3F)ccc2N1. The molecule has 0 saturated carbocycles. The second kappa shape index (κ2) is 5.24. The van der Waals surface area contributed by atoms with E-state index in [-0.39, 0.29) is 18.2 Å². The summed E-state index contributed by atoms with van der Waals surface area (Å²) in [6.45, 7) is -0.0919. The van der Waals surface area contributed by atoms with Crippen molar-refractivity contribution in [2.24, 2.45) is 0 Å². The number of anilines is 2. The zero-order chi connectivity index (χ0) is 14.8. The molecule has 21 heavy (non-hydrogen) atoms. The minimum Gasteiger partial charge on any atom is -0.482 e. The zero-order valence-corrected chi connectivity index (χ0v) is 10.9. The molecule has 1 aliphatic heterocycles. The van der Waals surface area contributed by atoms with Gasteiger partial charge in [-0.1, -0.05) is 12.1 Å². The minimum atomic E-state index is -0.507. The Morgan fingerprint density at radius 2 is 2.05 bits per heavy atom. The largest absolute Gasteiger partial charge is 0.482 e. The van der Waals surface area contributed by atoms with Gasteiger partial charge < -0.3 is 15.4 Å². The molecule has 0 atom stereocenters. The van der Waals surface area contributed by atoms with Crippen LogP contribution >= 0.6 is 0 Å². The molecular weight excluding hydrogens is 275 g/mol. The monoisotopic (exact) mass is 286 g/mol. The highest BCUT2D eigenvalue weighted by molar-refractivity contribution is 6.05. The number of amides is 2. The summed E-state index contributed by atoms with van der Waals surface area (Å²) in [4.78, 5) is 23.3. The first-order valence-electron chi connectivity index (χ1n) is 6.26. The van der Waals surface area contributed by atoms with Crippen molar-refractivity contribution in [1.29, 1.82) is 0 Å². The van der Waals surface area contributed by atoms with Crippen LogP contribution in [-0.4, -0.2) is 18.4 Å². The molecule has 0 fully saturated rings. The van der Waals surface area contributed by atoms with E-state index in [1.54, 1.807) is 18.2 Å². The number of para-hydroxylation sites is 1. The Balaban J connectivity index is 1.83. The number of rotatable bonds is 2. The van der Waals surface area contributed by atoms with Gasteiger partial charge in [0.2, 0.25) is 0 Å². The molecule has 0 radical (unpaired) electrons. The summed E-state index contributed by atoms with van der Waals surface area (Å²) in [7, 11) is 0. The Labute approximate surface area is 119 Å². The number of fused-ring (bicyclic) bond motifs is 1. The molecule has 0 bridgehead atoms. The number of halogens is 1. The molecule has 3 rings (SSSR count). The third kappa shape index (κ3) is 2.69. The standard InChI is InChI=1S/C15H11FN2O3/c16-10-3-1-2-4-11(10)18-15(20)9-5-6-12-13(7-9)21-8-14(19)17-12/h1-7H,8H2,(H,17,19)(H,18,20). The topological polar surface area (TPSA) is 67.4 Å². The number of carbonyl (C=O) groups excluding carboxylic acids is 2. The summed E-state index contributed by atoms with van der Waals surface area (Å²) in [5.41, 5.74) is 0.927. The van der Waals surface area contributed by atoms with Crippen molar-refractivity contribution < 1.29 is 18.7 Å². The highest BCUT2D eigenvalue weighted by Gasteiger charge is 2.18. The lowest BCUT2D eigenvalue weighted by molar-refractivity contribution is -0.118. The van der Waals surface area contributed by atoms with E-state index in [9.17, 15) is 14.0 Å². The Hall–Kier alpha value is -2.89. The second-order valence-corrected chi connectivity index (χ2v) is 4.48. The third-order valence-electron chi connectivity index (χ3n) is 3.00. The highest BCUT2D eigenvalue weighted by atomic mass is 19.1. The zero-order valence-electron chi connectivity index (χ0n) is 10.9. The minimum absolute atomic E-state index is 0.0919. The summed E-state index contributed by atoms with van der Waals surface area (Å²) in [5.74, 6) is -0.794. The van der Waals surface area contributed by atoms with E-state index < -0.39 is 11.7 Å². The third-order valence-corrected chi connectivity index (χ3v) is 3.00. The van der Waals surface area contributed by atoms with Gasteiger partial charge in [0.15, 0.2) is 6.61 Å². The van der Waals surface area contributed by atoms with E-state index in [0.29, 0.717) is 17.0 Å². The van der Waals surface area contributed by atoms with E-state index in [1.165, 1.54) is 24.3 Å². The number of hydrogen-bond donors (Lipinski definition) is 2. The molecule has 1 heterocycles. The van der Waals surface area contributed by atoms with Crippen LogP contribution in [0.15, 0.2) is 42.5 Å². The molecule has 2 aromatic rings. The molecule has 6 heteroatoms. The Morgan fingerprint density at radius 1 is 1.24 bits per heavy atom. The van der Waals surface area contributed by atoms with Gasteiger partial charge in [-0.2, -0.15) is 0 Å². The maximum atomic E-state index is 13.5. The molecule has 1 aliphatic rings. The lowest BCUT2D eigenvalue weighted by atomic mass is 10.1. The van der Waals surface area contributed by atoms with E-state index >= 15 is 0 Å². The molecule has 0 aliphatic carbocycles. The first-order chi connectivity index (χ1) is 10.1. The van der Waals surface area contributed by atoms with Crippen molar-refractivity contribution in [1.82, 2.24) is 0 Å². The second-order valence-electron chi connectivity index (χ2n) is 4.48. The summed E-state index contributed by atoms with van der Waals surface area (Å²) in [5, 5.41) is 5.11. The first kappa shape index (κ1) is 13.1. The summed E-state index contributed by atoms with van der Waals surface area (Å²) in [6.07, 6.45) is 0. The molecule has 0 spiro atoms. The van der Waals surface area contributed by atoms with Gasteiger partial charge in [-0.05, 0) is 30.3 Å². The quantitative estimate of drug-likeness (QED) is 0.891. The molecule has 5 nitrogen and oxygen atoms in total. The van der Waals surface area contributed by atoms with Crippen LogP contribution in [0.2, 0.25) is 0 Å². The number of nitrogens with one attached hydrogen (secondary N) is 2. The van der Waals surface area contributed by atoms with Crippen LogP contribution < -0.4 is 15.4 Å². The molecule has 2 N–H and O–H groups in total. The fraction of sp³-hybridized carbons (Fsp3) is 0.0667. The predicted octanol–water partition coefficient (Wildman–Crippen LogP) is 2.41. The molecule has 2 aromatic carbocycles. The molecule has 0 saturated heterocycles. The Bertz CT molecular complexity index is 731. The van der Waals surface area contributed by atoms with Gasteiger partial charge in [-0.25, -0.2) is 4.39 Å². The van der Waals surface area contributed by atoms with Crippen molar-refractivity contribution in [3.05, 3.63) is 53.8 Å². The van der Waals surface area contributed by atoms with Gasteiger partial charge in [0.05, 0.1) is 11.4 Å². The van der Waals surface area contributed by atoms with Crippen LogP contribution in [-0.2, 0) is 4.79 Å². The molecule has 0 aromatic heterocycles. The highest BCUT2D eigenvalue weighted by Crippen LogP contribution is 2.28. The molecule has 0 unspecified atom stereocenters. The summed E-state index contributed by atoms with van der Waals surface area (Å²) in [6, 6.07) is 10.5. The van der Waals surface area contributed by atoms with Gasteiger partial charge in [0, 0.05) is 5.56 Å². The lowest BCUT2D eigenvalue weighted by Crippen LogP contribution is -2.25. The maximum absolute atomic E-state index is 13.5. The van der Waals surface area contributed by atoms with Crippen molar-refractivity contribution in [3.8, 4) is 5.75 Å². The van der Waals surface area contributed by atoms with Crippen LogP contribution in [0.25, 0.3) is 0 Å². The number of ether oxygens (including phenoxy) is 1. The number of carbonyl (C=O) groups is 2. The maximum Gasteiger partial charge on any atom is 0.262 e. The van der Waals surface area contributed by atoms with Crippen LogP contribution in [0.4, 0.5) is 15.8 Å². The van der Waals surface area contributed by atoms with E-state index in [4.69, 9.17) is 4.74 Å². The van der Waals surface area contributed by atoms with Crippen molar-refractivity contribution in [2.45, 2.75) is 0 Å². The summed E-state index contributed by atoms with van der Waals surface area (Å²) < 4.78 is 18.7. The van der Waals surface area contributed by atoms with Crippen LogP contribution in [0.1, 0.15) is 10.4 Å². The van der Waals surface area contributed by atoms with Crippen LogP contribution in [0.5, 0.6) is 5.75 Å². The summed E-state index contributed by atoms with van der Waals surface area (Å²) >= 11 is 0. The smallest absolute Gasteiger partial charge is 0.262 e. The average Bonchev–Trinajstić information content (AvgIpc) is 2.49. The van der Waals surface area contributed by atoms with Crippen LogP contribution in [0.3, 0.4) is 0 Å². The van der Waals surface area contributed by atoms with Crippen molar-refractivity contribution >= 4 is 23.2 Å². The van der Waals surface area contributed by atoms with Gasteiger partial charge in [-0.3, -0.25) is 9.59 Å². The van der Waals surface area contributed by atoms with Gasteiger partial charge in [0.1, 0.15) is 11.6 Å². The van der Waals surface area contributed by atoms with Crippen molar-refractivity contribution in [2.75, 3.05) is 17.2 Å². The Morgan fingerprint density at radius 3 is 2.86 bits per heavy atom. The van der Waals surface area contributed by atoms with Gasteiger partial charge in [-0.15, -0.1) is 0 Å². The van der Waals surface area contributed by atoms with Gasteiger partial charge in [0.25, 0.3) is 11.8 Å². The number of hydrogen-bond acceptors (Lipinski definition) is 3. The first-order valence-corrected chi connectivity index (χ1v) is 6.26. The van der Waals surface area contributed by atoms with Gasteiger partial charge >= 0.3 is 0 Å². The lowest BCUT2D eigenvalue weighted by Gasteiger charge is -2.18.